The lowest BCUT2D eigenvalue weighted by molar-refractivity contribution is 0.546. The fourth-order valence-corrected chi connectivity index (χ4v) is 3.28. The summed E-state index contributed by atoms with van der Waals surface area (Å²) in [7, 11) is 2.23. The minimum Gasteiger partial charge on any atom is -0.374 e. The van der Waals surface area contributed by atoms with Crippen molar-refractivity contribution in [1.29, 1.82) is 0 Å². The van der Waals surface area contributed by atoms with Crippen LogP contribution in [0.5, 0.6) is 0 Å². The molecule has 2 rings (SSSR count). The molecule has 0 aromatic heterocycles. The lowest BCUT2D eigenvalue weighted by Gasteiger charge is -2.26. The van der Waals surface area contributed by atoms with Crippen molar-refractivity contribution < 1.29 is 0 Å². The predicted molar refractivity (Wildman–Crippen MR) is 83.8 cm³/mol. The number of benzene rings is 1. The monoisotopic (exact) mass is 260 g/mol. The van der Waals surface area contributed by atoms with Gasteiger partial charge in [0.1, 0.15) is 0 Å². The van der Waals surface area contributed by atoms with E-state index in [1.807, 2.05) is 0 Å². The first kappa shape index (κ1) is 14.4. The summed E-state index contributed by atoms with van der Waals surface area (Å²) in [5.74, 6) is 0.884. The molecule has 1 aliphatic rings. The van der Waals surface area contributed by atoms with E-state index in [0.29, 0.717) is 0 Å². The van der Waals surface area contributed by atoms with Crippen molar-refractivity contribution in [2.24, 2.45) is 11.7 Å². The Hall–Kier alpha value is -1.02. The number of rotatable bonds is 5. The number of nitrogens with two attached hydrogens (primary N) is 1. The third-order valence-electron chi connectivity index (χ3n) is 4.19. The summed E-state index contributed by atoms with van der Waals surface area (Å²) in [5, 5.41) is 0. The first-order valence-corrected chi connectivity index (χ1v) is 7.62. The highest BCUT2D eigenvalue weighted by Gasteiger charge is 2.18. The van der Waals surface area contributed by atoms with Crippen LogP contribution in [-0.4, -0.2) is 19.6 Å². The topological polar surface area (TPSA) is 29.3 Å². The van der Waals surface area contributed by atoms with Gasteiger partial charge in [0.15, 0.2) is 0 Å². The molecule has 1 unspecified atom stereocenters. The van der Waals surface area contributed by atoms with E-state index in [1.54, 1.807) is 0 Å². The molecule has 0 bridgehead atoms. The second-order valence-electron chi connectivity index (χ2n) is 6.34. The van der Waals surface area contributed by atoms with E-state index in [2.05, 4.69) is 44.0 Å². The molecule has 1 aliphatic carbocycles. The first-order chi connectivity index (χ1) is 9.06. The van der Waals surface area contributed by atoms with Crippen molar-refractivity contribution in [3.8, 4) is 0 Å². The van der Waals surface area contributed by atoms with Crippen LogP contribution in [0.15, 0.2) is 18.2 Å². The smallest absolute Gasteiger partial charge is 0.0397 e. The van der Waals surface area contributed by atoms with Gasteiger partial charge in [-0.25, -0.2) is 0 Å². The summed E-state index contributed by atoms with van der Waals surface area (Å²) < 4.78 is 0. The molecule has 1 atom stereocenters. The Morgan fingerprint density at radius 3 is 2.63 bits per heavy atom. The Labute approximate surface area is 118 Å². The molecular formula is C17H28N2. The molecule has 0 aliphatic heterocycles. The standard InChI is InChI=1S/C17H28N2/c1-13-8-9-17(16(10-13)11-14(2)18)19(3)12-15-6-4-5-7-15/h8-10,14-15H,4-7,11-12,18H2,1-3H3. The molecule has 0 saturated heterocycles. The third-order valence-corrected chi connectivity index (χ3v) is 4.19. The normalized spacial score (nSPS) is 17.7. The Bertz CT molecular complexity index is 406. The number of hydrogen-bond donors (Lipinski definition) is 1. The van der Waals surface area contributed by atoms with Gasteiger partial charge < -0.3 is 10.6 Å². The largest absolute Gasteiger partial charge is 0.374 e. The zero-order chi connectivity index (χ0) is 13.8. The van der Waals surface area contributed by atoms with Gasteiger partial charge in [0, 0.05) is 25.3 Å². The molecule has 1 saturated carbocycles. The number of aryl methyl sites for hydroxylation is 1. The maximum absolute atomic E-state index is 5.99. The van der Waals surface area contributed by atoms with Gasteiger partial charge in [-0.3, -0.25) is 0 Å². The van der Waals surface area contributed by atoms with Crippen LogP contribution in [0.4, 0.5) is 5.69 Å². The van der Waals surface area contributed by atoms with E-state index < -0.39 is 0 Å². The van der Waals surface area contributed by atoms with Gasteiger partial charge in [-0.2, -0.15) is 0 Å². The maximum Gasteiger partial charge on any atom is 0.0397 e. The highest BCUT2D eigenvalue weighted by atomic mass is 15.1. The van der Waals surface area contributed by atoms with Crippen molar-refractivity contribution in [3.63, 3.8) is 0 Å². The molecule has 1 aromatic rings. The Balaban J connectivity index is 2.12. The second-order valence-corrected chi connectivity index (χ2v) is 6.34. The molecule has 0 amide bonds. The Morgan fingerprint density at radius 1 is 1.32 bits per heavy atom. The minimum absolute atomic E-state index is 0.223. The Morgan fingerprint density at radius 2 is 2.00 bits per heavy atom. The maximum atomic E-state index is 5.99. The molecule has 1 aromatic carbocycles. The summed E-state index contributed by atoms with van der Waals surface area (Å²) >= 11 is 0. The quantitative estimate of drug-likeness (QED) is 0.878. The molecule has 19 heavy (non-hydrogen) atoms. The van der Waals surface area contributed by atoms with E-state index in [1.165, 1.54) is 49.0 Å². The lowest BCUT2D eigenvalue weighted by Crippen LogP contribution is -2.26. The van der Waals surface area contributed by atoms with Crippen LogP contribution in [0.25, 0.3) is 0 Å². The molecule has 106 valence electrons. The van der Waals surface area contributed by atoms with Crippen molar-refractivity contribution in [2.45, 2.75) is 52.0 Å². The molecule has 0 heterocycles. The zero-order valence-corrected chi connectivity index (χ0v) is 12.7. The van der Waals surface area contributed by atoms with Crippen molar-refractivity contribution in [2.75, 3.05) is 18.5 Å². The van der Waals surface area contributed by atoms with Crippen LogP contribution in [-0.2, 0) is 6.42 Å². The molecular weight excluding hydrogens is 232 g/mol. The first-order valence-electron chi connectivity index (χ1n) is 7.62. The number of nitrogens with zero attached hydrogens (tertiary/aromatic N) is 1. The van der Waals surface area contributed by atoms with Gasteiger partial charge >= 0.3 is 0 Å². The van der Waals surface area contributed by atoms with Gasteiger partial charge in [0.2, 0.25) is 0 Å². The average molecular weight is 260 g/mol. The van der Waals surface area contributed by atoms with Gasteiger partial charge in [0.05, 0.1) is 0 Å². The van der Waals surface area contributed by atoms with Gasteiger partial charge in [0.25, 0.3) is 0 Å². The van der Waals surface area contributed by atoms with E-state index in [9.17, 15) is 0 Å². The van der Waals surface area contributed by atoms with E-state index in [0.717, 1.165) is 12.3 Å². The fourth-order valence-electron chi connectivity index (χ4n) is 3.28. The van der Waals surface area contributed by atoms with Crippen LogP contribution >= 0.6 is 0 Å². The SMILES string of the molecule is Cc1ccc(N(C)CC2CCCC2)c(CC(C)N)c1. The molecule has 2 heteroatoms. The third kappa shape index (κ3) is 3.97. The van der Waals surface area contributed by atoms with Crippen molar-refractivity contribution >= 4 is 5.69 Å². The van der Waals surface area contributed by atoms with Gasteiger partial charge in [-0.1, -0.05) is 30.5 Å². The summed E-state index contributed by atoms with van der Waals surface area (Å²) in [4.78, 5) is 2.44. The summed E-state index contributed by atoms with van der Waals surface area (Å²) in [6, 6.07) is 7.00. The van der Waals surface area contributed by atoms with Gasteiger partial charge in [-0.05, 0) is 50.7 Å². The summed E-state index contributed by atoms with van der Waals surface area (Å²) in [5.41, 5.74) is 10.1. The fraction of sp³-hybridized carbons (Fsp3) is 0.647. The predicted octanol–water partition coefficient (Wildman–Crippen LogP) is 3.51. The van der Waals surface area contributed by atoms with E-state index in [-0.39, 0.29) is 6.04 Å². The average Bonchev–Trinajstić information content (AvgIpc) is 2.80. The number of anilines is 1. The van der Waals surface area contributed by atoms with Crippen molar-refractivity contribution in [3.05, 3.63) is 29.3 Å². The van der Waals surface area contributed by atoms with Gasteiger partial charge in [-0.15, -0.1) is 0 Å². The minimum atomic E-state index is 0.223. The van der Waals surface area contributed by atoms with Crippen LogP contribution in [0.2, 0.25) is 0 Å². The molecule has 0 spiro atoms. The Kier molecular flexibility index (Phi) is 4.87. The second kappa shape index (κ2) is 6.42. The molecule has 0 radical (unpaired) electrons. The highest BCUT2D eigenvalue weighted by Crippen LogP contribution is 2.29. The summed E-state index contributed by atoms with van der Waals surface area (Å²) in [6.45, 7) is 5.43. The van der Waals surface area contributed by atoms with Crippen LogP contribution in [0, 0.1) is 12.8 Å². The van der Waals surface area contributed by atoms with Crippen LogP contribution in [0.3, 0.4) is 0 Å². The van der Waals surface area contributed by atoms with E-state index >= 15 is 0 Å². The van der Waals surface area contributed by atoms with Crippen LogP contribution in [0.1, 0.15) is 43.7 Å². The lowest BCUT2D eigenvalue weighted by atomic mass is 10.0. The highest BCUT2D eigenvalue weighted by molar-refractivity contribution is 5.54. The van der Waals surface area contributed by atoms with E-state index in [4.69, 9.17) is 5.73 Å². The van der Waals surface area contributed by atoms with Crippen LogP contribution < -0.4 is 10.6 Å². The molecule has 2 N–H and O–H groups in total. The molecule has 2 nitrogen and oxygen atoms in total. The number of hydrogen-bond acceptors (Lipinski definition) is 2. The summed E-state index contributed by atoms with van der Waals surface area (Å²) in [6.07, 6.45) is 6.60. The molecule has 1 fully saturated rings. The van der Waals surface area contributed by atoms with Crippen molar-refractivity contribution in [1.82, 2.24) is 0 Å². The zero-order valence-electron chi connectivity index (χ0n) is 12.7.